The summed E-state index contributed by atoms with van der Waals surface area (Å²) in [5.41, 5.74) is 10.7. The predicted molar refractivity (Wildman–Crippen MR) is 91.5 cm³/mol. The van der Waals surface area contributed by atoms with E-state index in [1.165, 1.54) is 48.9 Å². The first-order chi connectivity index (χ1) is 9.97. The minimum Gasteiger partial charge on any atom is -0.329 e. The van der Waals surface area contributed by atoms with Crippen LogP contribution in [0.2, 0.25) is 0 Å². The molecule has 0 fully saturated rings. The van der Waals surface area contributed by atoms with Crippen LogP contribution in [0.25, 0.3) is 0 Å². The molecule has 1 unspecified atom stereocenters. The fraction of sp³-hybridized carbons (Fsp3) is 0.684. The third-order valence-corrected chi connectivity index (χ3v) is 4.71. The summed E-state index contributed by atoms with van der Waals surface area (Å²) in [5.74, 6) is 0. The monoisotopic (exact) mass is 288 g/mol. The Labute approximate surface area is 130 Å². The summed E-state index contributed by atoms with van der Waals surface area (Å²) in [5, 5.41) is 0. The quantitative estimate of drug-likeness (QED) is 0.787. The van der Waals surface area contributed by atoms with Gasteiger partial charge in [0.25, 0.3) is 0 Å². The Morgan fingerprint density at radius 2 is 1.95 bits per heavy atom. The highest BCUT2D eigenvalue weighted by Crippen LogP contribution is 2.36. The van der Waals surface area contributed by atoms with Gasteiger partial charge in [0.2, 0.25) is 0 Å². The van der Waals surface area contributed by atoms with Crippen LogP contribution in [0.5, 0.6) is 0 Å². The molecular formula is C19H32N2. The average molecular weight is 288 g/mol. The fourth-order valence-corrected chi connectivity index (χ4v) is 3.29. The van der Waals surface area contributed by atoms with E-state index in [4.69, 9.17) is 5.73 Å². The molecule has 0 aromatic heterocycles. The smallest absolute Gasteiger partial charge is 0.0477 e. The molecule has 1 aromatic rings. The summed E-state index contributed by atoms with van der Waals surface area (Å²) >= 11 is 0. The van der Waals surface area contributed by atoms with Crippen LogP contribution >= 0.6 is 0 Å². The second-order valence-electron chi connectivity index (χ2n) is 7.45. The SMILES string of the molecule is CCCCCCN1Cc2ccc(C(C)(C)C)cc2C1CN. The van der Waals surface area contributed by atoms with Crippen molar-refractivity contribution in [3.8, 4) is 0 Å². The lowest BCUT2D eigenvalue weighted by molar-refractivity contribution is 0.215. The molecule has 0 bridgehead atoms. The van der Waals surface area contributed by atoms with E-state index in [1.807, 2.05) is 0 Å². The lowest BCUT2D eigenvalue weighted by atomic mass is 9.85. The predicted octanol–water partition coefficient (Wildman–Crippen LogP) is 4.38. The molecule has 0 saturated heterocycles. The fourth-order valence-electron chi connectivity index (χ4n) is 3.29. The lowest BCUT2D eigenvalue weighted by Crippen LogP contribution is -2.29. The van der Waals surface area contributed by atoms with Crippen molar-refractivity contribution in [2.45, 2.75) is 71.4 Å². The Morgan fingerprint density at radius 1 is 1.19 bits per heavy atom. The molecule has 2 nitrogen and oxygen atoms in total. The molecule has 1 aliphatic heterocycles. The zero-order chi connectivity index (χ0) is 15.5. The van der Waals surface area contributed by atoms with E-state index in [0.29, 0.717) is 6.04 Å². The zero-order valence-corrected chi connectivity index (χ0v) is 14.3. The molecule has 2 N–H and O–H groups in total. The Balaban J connectivity index is 2.10. The summed E-state index contributed by atoms with van der Waals surface area (Å²) in [4.78, 5) is 2.58. The zero-order valence-electron chi connectivity index (χ0n) is 14.3. The standard InChI is InChI=1S/C19H32N2/c1-5-6-7-8-11-21-14-15-9-10-16(19(2,3)4)12-17(15)18(21)13-20/h9-10,12,18H,5-8,11,13-14,20H2,1-4H3. The van der Waals surface area contributed by atoms with E-state index in [1.54, 1.807) is 0 Å². The summed E-state index contributed by atoms with van der Waals surface area (Å²) in [7, 11) is 0. The van der Waals surface area contributed by atoms with E-state index in [2.05, 4.69) is 50.8 Å². The van der Waals surface area contributed by atoms with E-state index < -0.39 is 0 Å². The lowest BCUT2D eigenvalue weighted by Gasteiger charge is -2.25. The van der Waals surface area contributed by atoms with Crippen molar-refractivity contribution >= 4 is 0 Å². The highest BCUT2D eigenvalue weighted by Gasteiger charge is 2.29. The van der Waals surface area contributed by atoms with Gasteiger partial charge in [0.15, 0.2) is 0 Å². The van der Waals surface area contributed by atoms with Crippen LogP contribution in [0.1, 0.15) is 76.1 Å². The minimum absolute atomic E-state index is 0.211. The number of hydrogen-bond donors (Lipinski definition) is 1. The second kappa shape index (κ2) is 6.93. The Kier molecular flexibility index (Phi) is 5.45. The maximum Gasteiger partial charge on any atom is 0.0477 e. The van der Waals surface area contributed by atoms with Gasteiger partial charge < -0.3 is 5.73 Å². The maximum atomic E-state index is 6.09. The summed E-state index contributed by atoms with van der Waals surface area (Å²) < 4.78 is 0. The van der Waals surface area contributed by atoms with Crippen LogP contribution in [-0.2, 0) is 12.0 Å². The summed E-state index contributed by atoms with van der Waals surface area (Å²) in [6.07, 6.45) is 5.29. The molecule has 1 heterocycles. The average Bonchev–Trinajstić information content (AvgIpc) is 2.79. The van der Waals surface area contributed by atoms with Crippen molar-refractivity contribution < 1.29 is 0 Å². The molecule has 118 valence electrons. The molecule has 0 aliphatic carbocycles. The largest absolute Gasteiger partial charge is 0.329 e. The highest BCUT2D eigenvalue weighted by atomic mass is 15.2. The summed E-state index contributed by atoms with van der Waals surface area (Å²) in [6.45, 7) is 12.1. The molecule has 1 aliphatic rings. The van der Waals surface area contributed by atoms with Crippen molar-refractivity contribution in [3.05, 3.63) is 34.9 Å². The van der Waals surface area contributed by atoms with Crippen LogP contribution in [0.4, 0.5) is 0 Å². The van der Waals surface area contributed by atoms with Gasteiger partial charge in [-0.1, -0.05) is 65.2 Å². The first-order valence-corrected chi connectivity index (χ1v) is 8.54. The van der Waals surface area contributed by atoms with Crippen molar-refractivity contribution in [2.75, 3.05) is 13.1 Å². The van der Waals surface area contributed by atoms with E-state index in [-0.39, 0.29) is 5.41 Å². The molecule has 1 atom stereocenters. The molecular weight excluding hydrogens is 256 g/mol. The maximum absolute atomic E-state index is 6.09. The van der Waals surface area contributed by atoms with Crippen molar-refractivity contribution in [1.82, 2.24) is 4.90 Å². The molecule has 21 heavy (non-hydrogen) atoms. The van der Waals surface area contributed by atoms with Gasteiger partial charge in [0.05, 0.1) is 0 Å². The van der Waals surface area contributed by atoms with Gasteiger partial charge in [-0.05, 0) is 35.1 Å². The molecule has 1 aromatic carbocycles. The van der Waals surface area contributed by atoms with Crippen LogP contribution in [-0.4, -0.2) is 18.0 Å². The third kappa shape index (κ3) is 3.87. The number of rotatable bonds is 6. The van der Waals surface area contributed by atoms with Gasteiger partial charge in [-0.3, -0.25) is 4.90 Å². The molecule has 0 spiro atoms. The molecule has 2 rings (SSSR count). The van der Waals surface area contributed by atoms with Gasteiger partial charge in [0.1, 0.15) is 0 Å². The van der Waals surface area contributed by atoms with Crippen LogP contribution in [0.3, 0.4) is 0 Å². The topological polar surface area (TPSA) is 29.3 Å². The number of nitrogens with two attached hydrogens (primary N) is 1. The number of nitrogens with zero attached hydrogens (tertiary/aromatic N) is 1. The normalized spacial score (nSPS) is 19.0. The Morgan fingerprint density at radius 3 is 2.57 bits per heavy atom. The molecule has 0 saturated carbocycles. The van der Waals surface area contributed by atoms with Gasteiger partial charge >= 0.3 is 0 Å². The number of fused-ring (bicyclic) bond motifs is 1. The van der Waals surface area contributed by atoms with Gasteiger partial charge in [-0.25, -0.2) is 0 Å². The van der Waals surface area contributed by atoms with E-state index in [0.717, 1.165) is 13.1 Å². The minimum atomic E-state index is 0.211. The molecule has 2 heteroatoms. The van der Waals surface area contributed by atoms with Crippen LogP contribution in [0.15, 0.2) is 18.2 Å². The van der Waals surface area contributed by atoms with Gasteiger partial charge in [-0.15, -0.1) is 0 Å². The number of unbranched alkanes of at least 4 members (excludes halogenated alkanes) is 3. The van der Waals surface area contributed by atoms with Crippen LogP contribution < -0.4 is 5.73 Å². The third-order valence-electron chi connectivity index (χ3n) is 4.71. The Bertz CT molecular complexity index is 459. The summed E-state index contributed by atoms with van der Waals surface area (Å²) in [6, 6.07) is 7.44. The number of benzene rings is 1. The van der Waals surface area contributed by atoms with Crippen molar-refractivity contribution in [1.29, 1.82) is 0 Å². The molecule has 0 amide bonds. The highest BCUT2D eigenvalue weighted by molar-refractivity contribution is 5.40. The first-order valence-electron chi connectivity index (χ1n) is 8.54. The van der Waals surface area contributed by atoms with E-state index in [9.17, 15) is 0 Å². The van der Waals surface area contributed by atoms with Crippen molar-refractivity contribution in [3.63, 3.8) is 0 Å². The second-order valence-corrected chi connectivity index (χ2v) is 7.45. The first kappa shape index (κ1) is 16.5. The van der Waals surface area contributed by atoms with Gasteiger partial charge in [0, 0.05) is 19.1 Å². The Hall–Kier alpha value is -0.860. The van der Waals surface area contributed by atoms with Crippen molar-refractivity contribution in [2.24, 2.45) is 5.73 Å². The van der Waals surface area contributed by atoms with Gasteiger partial charge in [-0.2, -0.15) is 0 Å². The van der Waals surface area contributed by atoms with E-state index >= 15 is 0 Å². The van der Waals surface area contributed by atoms with Crippen LogP contribution in [0, 0.1) is 0 Å². The number of hydrogen-bond acceptors (Lipinski definition) is 2. The molecule has 0 radical (unpaired) electrons.